The maximum Gasteiger partial charge on any atom is 0.410 e. The Balaban J connectivity index is 1.61. The van der Waals surface area contributed by atoms with Gasteiger partial charge in [-0.2, -0.15) is 0 Å². The first-order valence-corrected chi connectivity index (χ1v) is 12.4. The molecule has 0 saturated carbocycles. The van der Waals surface area contributed by atoms with Crippen LogP contribution in [0.1, 0.15) is 46.1 Å². The zero-order chi connectivity index (χ0) is 27.7. The SMILES string of the molecule is CC1(C#Cc2cc3ncnc(Nc4cccc(Cl)c4F)c3cc2[N+](=O)[O-])CCN(C(=O)OC(C)(C)C)CC1. The number of nitro groups is 1. The van der Waals surface area contributed by atoms with Crippen LogP contribution < -0.4 is 5.32 Å². The molecule has 0 radical (unpaired) electrons. The van der Waals surface area contributed by atoms with Crippen molar-refractivity contribution >= 4 is 45.8 Å². The number of likely N-dealkylation sites (tertiary alicyclic amines) is 1. The highest BCUT2D eigenvalue weighted by Crippen LogP contribution is 2.34. The van der Waals surface area contributed by atoms with E-state index in [1.807, 2.05) is 27.7 Å². The Morgan fingerprint density at radius 1 is 1.26 bits per heavy atom. The topological polar surface area (TPSA) is 110 Å². The number of anilines is 2. The van der Waals surface area contributed by atoms with Gasteiger partial charge in [0, 0.05) is 30.0 Å². The number of carbonyl (C=O) groups excluding carboxylic acids is 1. The molecular weight excluding hydrogens is 513 g/mol. The van der Waals surface area contributed by atoms with Gasteiger partial charge in [0.2, 0.25) is 0 Å². The van der Waals surface area contributed by atoms with Crippen LogP contribution >= 0.6 is 11.6 Å². The van der Waals surface area contributed by atoms with Crippen LogP contribution in [0.3, 0.4) is 0 Å². The monoisotopic (exact) mass is 539 g/mol. The average Bonchev–Trinajstić information content (AvgIpc) is 2.84. The van der Waals surface area contributed by atoms with Crippen molar-refractivity contribution in [3.63, 3.8) is 0 Å². The number of piperidine rings is 1. The normalized spacial score (nSPS) is 14.9. The average molecular weight is 540 g/mol. The van der Waals surface area contributed by atoms with Crippen molar-refractivity contribution in [2.24, 2.45) is 5.41 Å². The van der Waals surface area contributed by atoms with Gasteiger partial charge in [0.05, 0.1) is 21.2 Å². The van der Waals surface area contributed by atoms with Crippen molar-refractivity contribution in [3.05, 3.63) is 63.2 Å². The molecule has 1 saturated heterocycles. The largest absolute Gasteiger partial charge is 0.444 e. The quantitative estimate of drug-likeness (QED) is 0.231. The van der Waals surface area contributed by atoms with E-state index in [1.54, 1.807) is 11.0 Å². The van der Waals surface area contributed by atoms with Gasteiger partial charge in [-0.25, -0.2) is 19.2 Å². The molecule has 0 atom stereocenters. The molecule has 3 aromatic rings. The number of halogens is 2. The molecular formula is C27H27ClFN5O4. The minimum atomic E-state index is -0.663. The molecule has 11 heteroatoms. The van der Waals surface area contributed by atoms with E-state index in [9.17, 15) is 19.3 Å². The first-order valence-electron chi connectivity index (χ1n) is 12.0. The second kappa shape index (κ2) is 10.4. The highest BCUT2D eigenvalue weighted by Gasteiger charge is 2.32. The number of nitrogens with zero attached hydrogens (tertiary/aromatic N) is 4. The molecule has 9 nitrogen and oxygen atoms in total. The van der Waals surface area contributed by atoms with Crippen molar-refractivity contribution in [2.75, 3.05) is 18.4 Å². The number of hydrogen-bond donors (Lipinski definition) is 1. The second-order valence-electron chi connectivity index (χ2n) is 10.4. The third-order valence-electron chi connectivity index (χ3n) is 6.17. The molecule has 1 N–H and O–H groups in total. The Kier molecular flexibility index (Phi) is 7.42. The zero-order valence-electron chi connectivity index (χ0n) is 21.5. The van der Waals surface area contributed by atoms with E-state index in [0.717, 1.165) is 0 Å². The van der Waals surface area contributed by atoms with Crippen molar-refractivity contribution < 1.29 is 18.8 Å². The van der Waals surface area contributed by atoms with Gasteiger partial charge in [-0.3, -0.25) is 10.1 Å². The molecule has 2 heterocycles. The Morgan fingerprint density at radius 2 is 1.97 bits per heavy atom. The minimum Gasteiger partial charge on any atom is -0.444 e. The Morgan fingerprint density at radius 3 is 2.63 bits per heavy atom. The summed E-state index contributed by atoms with van der Waals surface area (Å²) in [5.74, 6) is 5.71. The predicted molar refractivity (Wildman–Crippen MR) is 143 cm³/mol. The molecule has 38 heavy (non-hydrogen) atoms. The zero-order valence-corrected chi connectivity index (χ0v) is 22.2. The second-order valence-corrected chi connectivity index (χ2v) is 10.8. The summed E-state index contributed by atoms with van der Waals surface area (Å²) in [6, 6.07) is 7.33. The number of nitro benzene ring substituents is 1. The standard InChI is InChI=1S/C27H27ClFN5O4/c1-26(2,3)38-25(35)33-12-10-27(4,11-13-33)9-8-17-14-21-18(15-22(17)34(36)37)24(31-16-30-21)32-20-7-5-6-19(28)23(20)29/h5-7,14-16H,10-13H2,1-4H3,(H,30,31,32). The number of rotatable bonds is 3. The van der Waals surface area contributed by atoms with Crippen LogP contribution in [-0.4, -0.2) is 44.6 Å². The summed E-state index contributed by atoms with van der Waals surface area (Å²) in [6.07, 6.45) is 2.12. The van der Waals surface area contributed by atoms with E-state index < -0.39 is 21.8 Å². The van der Waals surface area contributed by atoms with Crippen LogP contribution in [0.2, 0.25) is 5.02 Å². The maximum absolute atomic E-state index is 14.4. The number of aromatic nitrogens is 2. The lowest BCUT2D eigenvalue weighted by atomic mass is 9.81. The molecule has 0 aliphatic carbocycles. The fourth-order valence-electron chi connectivity index (χ4n) is 4.02. The van der Waals surface area contributed by atoms with Gasteiger partial charge >= 0.3 is 6.09 Å². The number of fused-ring (bicyclic) bond motifs is 1. The number of ether oxygens (including phenoxy) is 1. The summed E-state index contributed by atoms with van der Waals surface area (Å²) in [5.41, 5.74) is -0.543. The lowest BCUT2D eigenvalue weighted by Crippen LogP contribution is -2.44. The first kappa shape index (κ1) is 27.1. The third-order valence-corrected chi connectivity index (χ3v) is 6.46. The van der Waals surface area contributed by atoms with E-state index >= 15 is 0 Å². The first-order chi connectivity index (χ1) is 17.8. The summed E-state index contributed by atoms with van der Waals surface area (Å²) >= 11 is 5.87. The van der Waals surface area contributed by atoms with Crippen molar-refractivity contribution in [3.8, 4) is 11.8 Å². The summed E-state index contributed by atoms with van der Waals surface area (Å²) in [6.45, 7) is 8.38. The number of benzene rings is 2. The third kappa shape index (κ3) is 6.11. The predicted octanol–water partition coefficient (Wildman–Crippen LogP) is 6.46. The van der Waals surface area contributed by atoms with Crippen LogP contribution in [0.5, 0.6) is 0 Å². The van der Waals surface area contributed by atoms with E-state index in [4.69, 9.17) is 16.3 Å². The highest BCUT2D eigenvalue weighted by molar-refractivity contribution is 6.31. The van der Waals surface area contributed by atoms with Crippen LogP contribution in [0.15, 0.2) is 36.7 Å². The molecule has 1 aromatic heterocycles. The molecule has 1 amide bonds. The molecule has 198 valence electrons. The molecule has 0 unspecified atom stereocenters. The lowest BCUT2D eigenvalue weighted by Gasteiger charge is -2.36. The van der Waals surface area contributed by atoms with Gasteiger partial charge in [-0.15, -0.1) is 0 Å². The van der Waals surface area contributed by atoms with Crippen molar-refractivity contribution in [1.82, 2.24) is 14.9 Å². The summed E-state index contributed by atoms with van der Waals surface area (Å²) in [4.78, 5) is 33.8. The van der Waals surface area contributed by atoms with E-state index in [2.05, 4.69) is 27.1 Å². The Labute approximate surface area is 224 Å². The molecule has 0 bridgehead atoms. The van der Waals surface area contributed by atoms with Crippen molar-refractivity contribution in [1.29, 1.82) is 0 Å². The van der Waals surface area contributed by atoms with Crippen LogP contribution in [0, 0.1) is 33.2 Å². The van der Waals surface area contributed by atoms with Crippen molar-refractivity contribution in [2.45, 2.75) is 46.1 Å². The summed E-state index contributed by atoms with van der Waals surface area (Å²) < 4.78 is 19.9. The van der Waals surface area contributed by atoms with Crippen LogP contribution in [-0.2, 0) is 4.74 Å². The van der Waals surface area contributed by atoms with Gasteiger partial charge in [0.15, 0.2) is 5.82 Å². The number of hydrogen-bond acceptors (Lipinski definition) is 7. The lowest BCUT2D eigenvalue weighted by molar-refractivity contribution is -0.385. The number of nitrogens with one attached hydrogen (secondary N) is 1. The minimum absolute atomic E-state index is 0.0673. The molecule has 0 spiro atoms. The van der Waals surface area contributed by atoms with E-state index in [-0.39, 0.29) is 33.9 Å². The maximum atomic E-state index is 14.4. The molecule has 1 aliphatic rings. The number of carbonyl (C=O) groups is 1. The van der Waals surface area contributed by atoms with Crippen LogP contribution in [0.4, 0.5) is 26.4 Å². The molecule has 1 fully saturated rings. The fraction of sp³-hybridized carbons (Fsp3) is 0.370. The summed E-state index contributed by atoms with van der Waals surface area (Å²) in [7, 11) is 0. The van der Waals surface area contributed by atoms with E-state index in [0.29, 0.717) is 36.8 Å². The molecule has 4 rings (SSSR count). The fourth-order valence-corrected chi connectivity index (χ4v) is 4.20. The Hall–Kier alpha value is -3.97. The van der Waals surface area contributed by atoms with Gasteiger partial charge in [-0.1, -0.05) is 29.5 Å². The van der Waals surface area contributed by atoms with Gasteiger partial charge < -0.3 is 15.0 Å². The van der Waals surface area contributed by atoms with Gasteiger partial charge in [0.25, 0.3) is 5.69 Å². The molecule has 1 aliphatic heterocycles. The van der Waals surface area contributed by atoms with Gasteiger partial charge in [-0.05, 0) is 58.7 Å². The highest BCUT2D eigenvalue weighted by atomic mass is 35.5. The van der Waals surface area contributed by atoms with Gasteiger partial charge in [0.1, 0.15) is 23.3 Å². The van der Waals surface area contributed by atoms with Crippen LogP contribution in [0.25, 0.3) is 10.9 Å². The van der Waals surface area contributed by atoms with E-state index in [1.165, 1.54) is 30.6 Å². The number of amides is 1. The Bertz CT molecular complexity index is 1470. The summed E-state index contributed by atoms with van der Waals surface area (Å²) in [5, 5.41) is 15.1. The smallest absolute Gasteiger partial charge is 0.410 e. The molecule has 2 aromatic carbocycles.